The van der Waals surface area contributed by atoms with Gasteiger partial charge < -0.3 is 27.2 Å². The third kappa shape index (κ3) is 3.02. The predicted octanol–water partition coefficient (Wildman–Crippen LogP) is -0.755. The van der Waals surface area contributed by atoms with Crippen LogP contribution in [-0.4, -0.2) is 64.3 Å². The number of hydrogen-bond acceptors (Lipinski definition) is 6. The van der Waals surface area contributed by atoms with Gasteiger partial charge in [-0.25, -0.2) is 0 Å². The molecule has 0 fully saturated rings. The Morgan fingerprint density at radius 3 is 1.45 bits per heavy atom. The van der Waals surface area contributed by atoms with E-state index in [4.69, 9.17) is 22.1 Å². The summed E-state index contributed by atoms with van der Waals surface area (Å²) in [7, 11) is 2.17. The average Bonchev–Trinajstić information content (AvgIpc) is 2.53. The van der Waals surface area contributed by atoms with Gasteiger partial charge >= 0.3 is 17.4 Å². The van der Waals surface area contributed by atoms with Crippen LogP contribution in [0.2, 0.25) is 0 Å². The normalized spacial score (nSPS) is 12.7. The molecular formula is C12H22O6Si2. The summed E-state index contributed by atoms with van der Waals surface area (Å²) in [5, 5.41) is 11.2. The highest BCUT2D eigenvalue weighted by molar-refractivity contribution is 6.81. The Morgan fingerprint density at radius 1 is 0.750 bits per heavy atom. The molecule has 0 aliphatic carbocycles. The van der Waals surface area contributed by atoms with Crippen molar-refractivity contribution in [3.8, 4) is 0 Å². The molecular weight excluding hydrogens is 296 g/mol. The fourth-order valence-electron chi connectivity index (χ4n) is 2.07. The van der Waals surface area contributed by atoms with E-state index in [2.05, 4.69) is 0 Å². The Kier molecular flexibility index (Phi) is 6.49. The molecule has 114 valence electrons. The van der Waals surface area contributed by atoms with E-state index >= 15 is 0 Å². The first-order valence-electron chi connectivity index (χ1n) is 6.05. The monoisotopic (exact) mass is 318 g/mol. The zero-order valence-corrected chi connectivity index (χ0v) is 14.5. The first-order valence-corrected chi connectivity index (χ1v) is 9.80. The van der Waals surface area contributed by atoms with Crippen LogP contribution in [0.25, 0.3) is 0 Å². The van der Waals surface area contributed by atoms with Crippen LogP contribution in [0.15, 0.2) is 24.3 Å². The summed E-state index contributed by atoms with van der Waals surface area (Å²) in [5.41, 5.74) is 0. The molecule has 1 aromatic rings. The van der Waals surface area contributed by atoms with Gasteiger partial charge in [0.15, 0.2) is 0 Å². The van der Waals surface area contributed by atoms with Crippen LogP contribution in [-0.2, 0) is 22.1 Å². The van der Waals surface area contributed by atoms with Gasteiger partial charge in [0.2, 0.25) is 0 Å². The molecule has 0 saturated carbocycles. The average molecular weight is 318 g/mol. The van der Waals surface area contributed by atoms with Crippen molar-refractivity contribution in [3.63, 3.8) is 0 Å². The first-order chi connectivity index (χ1) is 9.57. The van der Waals surface area contributed by atoms with Gasteiger partial charge in [0, 0.05) is 40.7 Å². The van der Waals surface area contributed by atoms with Crippen molar-refractivity contribution in [3.05, 3.63) is 24.3 Å². The molecule has 0 unspecified atom stereocenters. The molecule has 0 aromatic heterocycles. The van der Waals surface area contributed by atoms with Gasteiger partial charge in [-0.2, -0.15) is 0 Å². The summed E-state index contributed by atoms with van der Waals surface area (Å²) in [5.74, 6) is 0. The molecule has 0 aliphatic rings. The van der Waals surface area contributed by atoms with Crippen molar-refractivity contribution in [2.24, 2.45) is 0 Å². The second-order valence-corrected chi connectivity index (χ2v) is 10.2. The van der Waals surface area contributed by atoms with Crippen molar-refractivity contribution in [2.45, 2.75) is 0 Å². The van der Waals surface area contributed by atoms with E-state index in [0.717, 1.165) is 10.4 Å². The van der Waals surface area contributed by atoms with Gasteiger partial charge in [0.25, 0.3) is 0 Å². The SMILES string of the molecule is CO[Si](CO)(OC)c1ccc([Si](OC)(OC)OC)cc1. The maximum atomic E-state index is 9.54. The number of hydrogen-bond donors (Lipinski definition) is 1. The number of rotatable bonds is 8. The van der Waals surface area contributed by atoms with Crippen LogP contribution in [0.4, 0.5) is 0 Å². The van der Waals surface area contributed by atoms with Crippen molar-refractivity contribution < 1.29 is 27.2 Å². The summed E-state index contributed by atoms with van der Waals surface area (Å²) in [4.78, 5) is 0. The van der Waals surface area contributed by atoms with Crippen LogP contribution in [0.3, 0.4) is 0 Å². The molecule has 20 heavy (non-hydrogen) atoms. The van der Waals surface area contributed by atoms with E-state index in [-0.39, 0.29) is 6.23 Å². The zero-order valence-electron chi connectivity index (χ0n) is 12.5. The van der Waals surface area contributed by atoms with E-state index in [9.17, 15) is 5.11 Å². The standard InChI is InChI=1S/C12H22O6Si2/c1-14-19(10-13,15-2)11-6-8-12(9-7-11)20(16-3,17-4)18-5/h6-9,13H,10H2,1-5H3. The topological polar surface area (TPSA) is 66.4 Å². The molecule has 0 amide bonds. The minimum absolute atomic E-state index is 0.152. The summed E-state index contributed by atoms with van der Waals surface area (Å²) in [6.45, 7) is 0. The molecule has 6 nitrogen and oxygen atoms in total. The second-order valence-electron chi connectivity index (χ2n) is 4.07. The largest absolute Gasteiger partial charge is 0.536 e. The van der Waals surface area contributed by atoms with E-state index in [0.29, 0.717) is 0 Å². The third-order valence-corrected chi connectivity index (χ3v) is 8.95. The molecule has 8 heteroatoms. The van der Waals surface area contributed by atoms with Crippen molar-refractivity contribution >= 4 is 27.7 Å². The Balaban J connectivity index is 3.16. The molecule has 1 N–H and O–H groups in total. The van der Waals surface area contributed by atoms with Crippen molar-refractivity contribution in [1.29, 1.82) is 0 Å². The van der Waals surface area contributed by atoms with Gasteiger partial charge in [-0.05, 0) is 5.19 Å². The summed E-state index contributed by atoms with van der Waals surface area (Å²) in [6, 6.07) is 7.41. The van der Waals surface area contributed by atoms with E-state index in [1.165, 1.54) is 0 Å². The van der Waals surface area contributed by atoms with Gasteiger partial charge in [0.1, 0.15) is 0 Å². The van der Waals surface area contributed by atoms with Gasteiger partial charge in [-0.1, -0.05) is 24.3 Å². The van der Waals surface area contributed by atoms with Crippen LogP contribution in [0.1, 0.15) is 0 Å². The number of benzene rings is 1. The fraction of sp³-hybridized carbons (Fsp3) is 0.500. The summed E-state index contributed by atoms with van der Waals surface area (Å²) in [6.07, 6.45) is -0.152. The van der Waals surface area contributed by atoms with Gasteiger partial charge in [-0.15, -0.1) is 0 Å². The molecule has 0 aliphatic heterocycles. The van der Waals surface area contributed by atoms with Crippen LogP contribution >= 0.6 is 0 Å². The third-order valence-electron chi connectivity index (χ3n) is 3.35. The Labute approximate surface area is 121 Å². The highest BCUT2D eigenvalue weighted by atomic mass is 28.4. The van der Waals surface area contributed by atoms with Gasteiger partial charge in [0.05, 0.1) is 6.23 Å². The van der Waals surface area contributed by atoms with E-state index in [1.54, 1.807) is 35.5 Å². The molecule has 0 atom stereocenters. The smallest absolute Gasteiger partial charge is 0.394 e. The van der Waals surface area contributed by atoms with Crippen LogP contribution in [0, 0.1) is 0 Å². The van der Waals surface area contributed by atoms with E-state index in [1.807, 2.05) is 24.3 Å². The number of aliphatic hydroxyl groups is 1. The quantitative estimate of drug-likeness (QED) is 0.636. The Morgan fingerprint density at radius 2 is 1.15 bits per heavy atom. The lowest BCUT2D eigenvalue weighted by atomic mass is 10.4. The minimum atomic E-state index is -2.83. The molecule has 0 bridgehead atoms. The molecule has 1 rings (SSSR count). The summed E-state index contributed by atoms with van der Waals surface area (Å²) < 4.78 is 27.1. The second kappa shape index (κ2) is 7.43. The summed E-state index contributed by atoms with van der Waals surface area (Å²) >= 11 is 0. The maximum absolute atomic E-state index is 9.54. The Bertz CT molecular complexity index is 347. The lowest BCUT2D eigenvalue weighted by Crippen LogP contribution is -2.58. The molecule has 0 radical (unpaired) electrons. The Hall–Kier alpha value is -0.586. The minimum Gasteiger partial charge on any atom is -0.394 e. The molecule has 0 spiro atoms. The predicted molar refractivity (Wildman–Crippen MR) is 79.3 cm³/mol. The number of aliphatic hydroxyl groups excluding tert-OH is 1. The van der Waals surface area contributed by atoms with Crippen molar-refractivity contribution in [2.75, 3.05) is 41.8 Å². The molecule has 1 aromatic carbocycles. The lowest BCUT2D eigenvalue weighted by molar-refractivity contribution is 0.140. The van der Waals surface area contributed by atoms with Crippen LogP contribution < -0.4 is 10.4 Å². The zero-order chi connectivity index (χ0) is 15.2. The highest BCUT2D eigenvalue weighted by Crippen LogP contribution is 2.09. The molecule has 0 heterocycles. The van der Waals surface area contributed by atoms with Crippen LogP contribution in [0.5, 0.6) is 0 Å². The van der Waals surface area contributed by atoms with Gasteiger partial charge in [-0.3, -0.25) is 0 Å². The lowest BCUT2D eigenvalue weighted by Gasteiger charge is -2.27. The van der Waals surface area contributed by atoms with Crippen molar-refractivity contribution in [1.82, 2.24) is 0 Å². The molecule has 0 saturated heterocycles. The first kappa shape index (κ1) is 17.5. The van der Waals surface area contributed by atoms with E-state index < -0.39 is 17.4 Å². The fourth-order valence-corrected chi connectivity index (χ4v) is 5.61. The maximum Gasteiger partial charge on any atom is 0.536 e. The highest BCUT2D eigenvalue weighted by Gasteiger charge is 2.42.